The zero-order chi connectivity index (χ0) is 29.2. The number of fused-ring (bicyclic) bond motifs is 1. The summed E-state index contributed by atoms with van der Waals surface area (Å²) in [4.78, 5) is 64.5. The molecule has 3 heterocycles. The fraction of sp³-hybridized carbons (Fsp3) is 0.367. The van der Waals surface area contributed by atoms with Gasteiger partial charge in [0.1, 0.15) is 11.3 Å². The van der Waals surface area contributed by atoms with Gasteiger partial charge in [-0.05, 0) is 41.8 Å². The molecule has 5 rings (SSSR count). The maximum atomic E-state index is 13.1. The van der Waals surface area contributed by atoms with Crippen LogP contribution in [0.4, 0.5) is 9.59 Å². The van der Waals surface area contributed by atoms with E-state index in [0.717, 1.165) is 31.2 Å². The number of carbonyl (C=O) groups excluding carboxylic acids is 5. The standard InChI is InChI=1S/C30H31N5O6/c1-3-4-5-6-14-30(26(38)32-28(40)34-30)21-10-7-19(8-11-21)13-15-29(25(37)31-27(39)33-29)18-35-17-20-9-12-22(41-2)16-23(20)24(35)36/h7-12,16H,3-6,14,17-18H2,1-2H3,(H2,31,33,37,39)(H2,32,34,38,40). The molecule has 0 aromatic heterocycles. The number of rotatable bonds is 9. The Morgan fingerprint density at radius 2 is 1.63 bits per heavy atom. The molecule has 212 valence electrons. The number of benzene rings is 2. The summed E-state index contributed by atoms with van der Waals surface area (Å²) >= 11 is 0. The Kier molecular flexibility index (Phi) is 7.41. The van der Waals surface area contributed by atoms with Gasteiger partial charge in [-0.25, -0.2) is 9.59 Å². The minimum atomic E-state index is -1.66. The van der Waals surface area contributed by atoms with E-state index in [2.05, 4.69) is 40.0 Å². The smallest absolute Gasteiger partial charge is 0.323 e. The summed E-state index contributed by atoms with van der Waals surface area (Å²) in [7, 11) is 1.51. The number of hydrogen-bond donors (Lipinski definition) is 4. The predicted molar refractivity (Wildman–Crippen MR) is 148 cm³/mol. The molecule has 2 atom stereocenters. The molecule has 3 aliphatic rings. The van der Waals surface area contributed by atoms with E-state index in [4.69, 9.17) is 4.74 Å². The second-order valence-electron chi connectivity index (χ2n) is 10.4. The Hall–Kier alpha value is -4.85. The van der Waals surface area contributed by atoms with Crippen molar-refractivity contribution in [3.8, 4) is 17.6 Å². The molecule has 0 radical (unpaired) electrons. The molecule has 0 saturated carbocycles. The second kappa shape index (κ2) is 11.0. The summed E-state index contributed by atoms with van der Waals surface area (Å²) < 4.78 is 5.23. The van der Waals surface area contributed by atoms with Crippen molar-refractivity contribution >= 4 is 29.8 Å². The maximum absolute atomic E-state index is 13.1. The number of carbonyl (C=O) groups is 5. The van der Waals surface area contributed by atoms with E-state index >= 15 is 0 Å². The third-order valence-corrected chi connectivity index (χ3v) is 7.71. The number of nitrogens with zero attached hydrogens (tertiary/aromatic N) is 1. The first-order valence-electron chi connectivity index (χ1n) is 13.6. The lowest BCUT2D eigenvalue weighted by Crippen LogP contribution is -2.54. The quantitative estimate of drug-likeness (QED) is 0.211. The third-order valence-electron chi connectivity index (χ3n) is 7.71. The highest BCUT2D eigenvalue weighted by molar-refractivity contribution is 6.10. The number of hydrogen-bond acceptors (Lipinski definition) is 6. The molecule has 2 aromatic carbocycles. The van der Waals surface area contributed by atoms with Crippen LogP contribution in [0.5, 0.6) is 5.75 Å². The Morgan fingerprint density at radius 1 is 0.902 bits per heavy atom. The Labute approximate surface area is 237 Å². The van der Waals surface area contributed by atoms with Gasteiger partial charge in [0.2, 0.25) is 5.54 Å². The van der Waals surface area contributed by atoms with E-state index in [0.29, 0.717) is 28.9 Å². The van der Waals surface area contributed by atoms with Gasteiger partial charge in [0, 0.05) is 17.7 Å². The molecule has 2 saturated heterocycles. The van der Waals surface area contributed by atoms with Gasteiger partial charge in [0.25, 0.3) is 17.7 Å². The highest BCUT2D eigenvalue weighted by Crippen LogP contribution is 2.32. The van der Waals surface area contributed by atoms with Gasteiger partial charge < -0.3 is 20.3 Å². The first kappa shape index (κ1) is 27.7. The van der Waals surface area contributed by atoms with Crippen LogP contribution in [-0.4, -0.2) is 53.9 Å². The van der Waals surface area contributed by atoms with Crippen LogP contribution >= 0.6 is 0 Å². The Morgan fingerprint density at radius 3 is 2.27 bits per heavy atom. The van der Waals surface area contributed by atoms with E-state index in [-0.39, 0.29) is 19.0 Å². The highest BCUT2D eigenvalue weighted by atomic mass is 16.5. The van der Waals surface area contributed by atoms with Gasteiger partial charge in [0.15, 0.2) is 0 Å². The molecule has 41 heavy (non-hydrogen) atoms. The van der Waals surface area contributed by atoms with Crippen molar-refractivity contribution in [1.29, 1.82) is 0 Å². The minimum absolute atomic E-state index is 0.154. The normalized spacial score (nSPS) is 22.9. The minimum Gasteiger partial charge on any atom is -0.497 e. The second-order valence-corrected chi connectivity index (χ2v) is 10.4. The van der Waals surface area contributed by atoms with E-state index in [1.165, 1.54) is 12.0 Å². The van der Waals surface area contributed by atoms with Crippen LogP contribution in [-0.2, 0) is 21.7 Å². The van der Waals surface area contributed by atoms with Gasteiger partial charge in [0.05, 0.1) is 13.7 Å². The molecule has 0 spiro atoms. The van der Waals surface area contributed by atoms with E-state index < -0.39 is 35.0 Å². The topological polar surface area (TPSA) is 146 Å². The molecule has 7 amide bonds. The molecule has 2 fully saturated rings. The van der Waals surface area contributed by atoms with E-state index in [1.54, 1.807) is 42.5 Å². The summed E-state index contributed by atoms with van der Waals surface area (Å²) in [6, 6.07) is 10.8. The van der Waals surface area contributed by atoms with Crippen molar-refractivity contribution in [2.75, 3.05) is 13.7 Å². The lowest BCUT2D eigenvalue weighted by Gasteiger charge is -2.27. The first-order valence-corrected chi connectivity index (χ1v) is 13.6. The molecule has 0 aliphatic carbocycles. The van der Waals surface area contributed by atoms with Crippen LogP contribution in [0.25, 0.3) is 0 Å². The van der Waals surface area contributed by atoms with Crippen molar-refractivity contribution in [1.82, 2.24) is 26.2 Å². The molecule has 3 aliphatic heterocycles. The zero-order valence-electron chi connectivity index (χ0n) is 22.9. The summed E-state index contributed by atoms with van der Waals surface area (Å²) in [6.45, 7) is 2.20. The zero-order valence-corrected chi connectivity index (χ0v) is 22.9. The summed E-state index contributed by atoms with van der Waals surface area (Å²) in [5, 5.41) is 9.97. The average molecular weight is 558 g/mol. The summed E-state index contributed by atoms with van der Waals surface area (Å²) in [5.74, 6) is 5.04. The van der Waals surface area contributed by atoms with Crippen LogP contribution in [0.2, 0.25) is 0 Å². The molecule has 11 heteroatoms. The SMILES string of the molecule is CCCCCCC1(c2ccc(C#CC3(CN4Cc5ccc(OC)cc5C4=O)NC(=O)NC3=O)cc2)NC(=O)NC1=O. The van der Waals surface area contributed by atoms with E-state index in [1.807, 2.05) is 0 Å². The number of unbranched alkanes of at least 4 members (excludes halogenated alkanes) is 3. The van der Waals surface area contributed by atoms with Crippen LogP contribution in [0, 0.1) is 11.8 Å². The fourth-order valence-corrected chi connectivity index (χ4v) is 5.46. The van der Waals surface area contributed by atoms with Gasteiger partial charge in [-0.2, -0.15) is 0 Å². The predicted octanol–water partition coefficient (Wildman–Crippen LogP) is 2.29. The summed E-state index contributed by atoms with van der Waals surface area (Å²) in [6.07, 6.45) is 4.26. The number of nitrogens with one attached hydrogen (secondary N) is 4. The summed E-state index contributed by atoms with van der Waals surface area (Å²) in [5.41, 5.74) is -0.415. The van der Waals surface area contributed by atoms with Crippen molar-refractivity contribution < 1.29 is 28.7 Å². The first-order chi connectivity index (χ1) is 19.7. The van der Waals surface area contributed by atoms with Crippen LogP contribution < -0.4 is 26.0 Å². The average Bonchev–Trinajstić information content (AvgIpc) is 3.54. The van der Waals surface area contributed by atoms with Crippen molar-refractivity contribution in [3.05, 3.63) is 64.7 Å². The molecule has 0 bridgehead atoms. The fourth-order valence-electron chi connectivity index (χ4n) is 5.46. The van der Waals surface area contributed by atoms with Crippen molar-refractivity contribution in [3.63, 3.8) is 0 Å². The third kappa shape index (κ3) is 5.20. The molecule has 2 unspecified atom stereocenters. The monoisotopic (exact) mass is 557 g/mol. The number of urea groups is 2. The lowest BCUT2D eigenvalue weighted by atomic mass is 9.84. The van der Waals surface area contributed by atoms with Crippen LogP contribution in [0.3, 0.4) is 0 Å². The molecule has 4 N–H and O–H groups in total. The number of amides is 7. The Balaban J connectivity index is 1.38. The molecule has 11 nitrogen and oxygen atoms in total. The lowest BCUT2D eigenvalue weighted by molar-refractivity contribution is -0.124. The van der Waals surface area contributed by atoms with Gasteiger partial charge in [-0.3, -0.25) is 25.0 Å². The Bertz CT molecular complexity index is 1490. The number of ether oxygens (including phenoxy) is 1. The highest BCUT2D eigenvalue weighted by Gasteiger charge is 2.49. The van der Waals surface area contributed by atoms with Gasteiger partial charge in [-0.1, -0.05) is 62.6 Å². The molecular formula is C30H31N5O6. The maximum Gasteiger partial charge on any atom is 0.323 e. The van der Waals surface area contributed by atoms with Crippen LogP contribution in [0.15, 0.2) is 42.5 Å². The van der Waals surface area contributed by atoms with Crippen molar-refractivity contribution in [2.24, 2.45) is 0 Å². The van der Waals surface area contributed by atoms with Crippen molar-refractivity contribution in [2.45, 2.75) is 56.7 Å². The van der Waals surface area contributed by atoms with Gasteiger partial charge in [-0.15, -0.1) is 0 Å². The number of imide groups is 2. The van der Waals surface area contributed by atoms with Gasteiger partial charge >= 0.3 is 12.1 Å². The number of methoxy groups -OCH3 is 1. The molecular weight excluding hydrogens is 526 g/mol. The molecule has 2 aromatic rings. The van der Waals surface area contributed by atoms with E-state index in [9.17, 15) is 24.0 Å². The largest absolute Gasteiger partial charge is 0.497 e. The van der Waals surface area contributed by atoms with Crippen LogP contribution in [0.1, 0.15) is 66.1 Å².